The van der Waals surface area contributed by atoms with Crippen molar-refractivity contribution < 1.29 is 22.7 Å². The molecule has 7 heteroatoms. The first-order valence-corrected chi connectivity index (χ1v) is 6.62. The van der Waals surface area contributed by atoms with Crippen LogP contribution in [0.4, 0.5) is 18.9 Å². The van der Waals surface area contributed by atoms with E-state index in [2.05, 4.69) is 4.74 Å². The van der Waals surface area contributed by atoms with Crippen molar-refractivity contribution in [2.24, 2.45) is 0 Å². The third-order valence-electron chi connectivity index (χ3n) is 2.83. The Bertz CT molecular complexity index is 501. The quantitative estimate of drug-likeness (QED) is 0.848. The van der Waals surface area contributed by atoms with Crippen molar-refractivity contribution in [3.63, 3.8) is 0 Å². The number of alkyl halides is 3. The molecule has 4 nitrogen and oxygen atoms in total. The molecule has 0 atom stereocenters. The van der Waals surface area contributed by atoms with Crippen molar-refractivity contribution >= 4 is 11.6 Å². The minimum absolute atomic E-state index is 0.00947. The standard InChI is InChI=1S/C14H19F3N2O2/c1-4-7-19(9(2)3)13(20)10-5-6-12(11(18)8-10)21-14(15,16)17/h5-6,8-9H,4,7,18H2,1-3H3. The van der Waals surface area contributed by atoms with Crippen molar-refractivity contribution in [3.8, 4) is 5.75 Å². The molecule has 1 aromatic rings. The van der Waals surface area contributed by atoms with E-state index < -0.39 is 12.1 Å². The van der Waals surface area contributed by atoms with Gasteiger partial charge in [-0.25, -0.2) is 0 Å². The van der Waals surface area contributed by atoms with Gasteiger partial charge in [0.05, 0.1) is 5.69 Å². The lowest BCUT2D eigenvalue weighted by Gasteiger charge is -2.26. The summed E-state index contributed by atoms with van der Waals surface area (Å²) in [5.74, 6) is -0.775. The Morgan fingerprint density at radius 3 is 2.43 bits per heavy atom. The van der Waals surface area contributed by atoms with Crippen LogP contribution in [0.25, 0.3) is 0 Å². The van der Waals surface area contributed by atoms with Crippen LogP contribution in [0.3, 0.4) is 0 Å². The summed E-state index contributed by atoms with van der Waals surface area (Å²) in [6, 6.07) is 3.53. The normalized spacial score (nSPS) is 11.6. The fourth-order valence-corrected chi connectivity index (χ4v) is 1.90. The first-order valence-electron chi connectivity index (χ1n) is 6.62. The minimum atomic E-state index is -4.81. The number of hydrogen-bond acceptors (Lipinski definition) is 3. The summed E-state index contributed by atoms with van der Waals surface area (Å²) in [4.78, 5) is 14.0. The molecule has 21 heavy (non-hydrogen) atoms. The zero-order chi connectivity index (χ0) is 16.2. The SMILES string of the molecule is CCCN(C(=O)c1ccc(OC(F)(F)F)c(N)c1)C(C)C. The van der Waals surface area contributed by atoms with Crippen molar-refractivity contribution in [2.75, 3.05) is 12.3 Å². The number of nitrogens with two attached hydrogens (primary N) is 1. The zero-order valence-corrected chi connectivity index (χ0v) is 12.2. The second-order valence-corrected chi connectivity index (χ2v) is 4.89. The van der Waals surface area contributed by atoms with Gasteiger partial charge in [-0.05, 0) is 38.5 Å². The van der Waals surface area contributed by atoms with E-state index in [1.807, 2.05) is 20.8 Å². The van der Waals surface area contributed by atoms with Gasteiger partial charge in [0, 0.05) is 18.2 Å². The molecule has 0 aliphatic carbocycles. The first kappa shape index (κ1) is 17.1. The van der Waals surface area contributed by atoms with Crippen LogP contribution in [-0.4, -0.2) is 29.8 Å². The van der Waals surface area contributed by atoms with Gasteiger partial charge in [0.15, 0.2) is 5.75 Å². The Hall–Kier alpha value is -1.92. The van der Waals surface area contributed by atoms with Gasteiger partial charge < -0.3 is 15.4 Å². The second kappa shape index (κ2) is 6.69. The summed E-state index contributed by atoms with van der Waals surface area (Å²) >= 11 is 0. The van der Waals surface area contributed by atoms with Crippen molar-refractivity contribution in [1.82, 2.24) is 4.90 Å². The average molecular weight is 304 g/mol. The summed E-state index contributed by atoms with van der Waals surface area (Å²) < 4.78 is 40.3. The molecule has 118 valence electrons. The fraction of sp³-hybridized carbons (Fsp3) is 0.500. The molecular weight excluding hydrogens is 285 g/mol. The predicted molar refractivity (Wildman–Crippen MR) is 74.0 cm³/mol. The predicted octanol–water partition coefficient (Wildman–Crippen LogP) is 3.43. The van der Waals surface area contributed by atoms with Gasteiger partial charge in [0.2, 0.25) is 0 Å². The topological polar surface area (TPSA) is 55.6 Å². The van der Waals surface area contributed by atoms with Gasteiger partial charge >= 0.3 is 6.36 Å². The molecule has 0 aliphatic heterocycles. The molecule has 0 spiro atoms. The van der Waals surface area contributed by atoms with E-state index in [-0.39, 0.29) is 23.2 Å². The smallest absolute Gasteiger partial charge is 0.404 e. The molecule has 0 unspecified atom stereocenters. The van der Waals surface area contributed by atoms with Crippen molar-refractivity contribution in [2.45, 2.75) is 39.6 Å². The molecule has 2 N–H and O–H groups in total. The number of ether oxygens (including phenoxy) is 1. The van der Waals surface area contributed by atoms with E-state index in [0.717, 1.165) is 12.5 Å². The Labute approximate surface area is 121 Å². The third-order valence-corrected chi connectivity index (χ3v) is 2.83. The van der Waals surface area contributed by atoms with Crippen LogP contribution in [0.2, 0.25) is 0 Å². The largest absolute Gasteiger partial charge is 0.573 e. The van der Waals surface area contributed by atoms with Crippen molar-refractivity contribution in [1.29, 1.82) is 0 Å². The van der Waals surface area contributed by atoms with Gasteiger partial charge in [0.25, 0.3) is 5.91 Å². The second-order valence-electron chi connectivity index (χ2n) is 4.89. The molecule has 1 aromatic carbocycles. The van der Waals surface area contributed by atoms with Gasteiger partial charge in [0.1, 0.15) is 0 Å². The van der Waals surface area contributed by atoms with Gasteiger partial charge in [-0.15, -0.1) is 13.2 Å². The van der Waals surface area contributed by atoms with E-state index in [0.29, 0.717) is 6.54 Å². The van der Waals surface area contributed by atoms with Gasteiger partial charge in [-0.2, -0.15) is 0 Å². The number of halogens is 3. The minimum Gasteiger partial charge on any atom is -0.404 e. The molecule has 0 radical (unpaired) electrons. The Morgan fingerprint density at radius 2 is 2.00 bits per heavy atom. The molecule has 0 saturated heterocycles. The molecule has 1 rings (SSSR count). The van der Waals surface area contributed by atoms with Gasteiger partial charge in [-0.1, -0.05) is 6.92 Å². The highest BCUT2D eigenvalue weighted by Gasteiger charge is 2.32. The van der Waals surface area contributed by atoms with Crippen LogP contribution in [-0.2, 0) is 0 Å². The molecule has 0 heterocycles. The highest BCUT2D eigenvalue weighted by Crippen LogP contribution is 2.29. The third kappa shape index (κ3) is 4.84. The number of carbonyl (C=O) groups is 1. The average Bonchev–Trinajstić information content (AvgIpc) is 2.35. The van der Waals surface area contributed by atoms with Crippen LogP contribution >= 0.6 is 0 Å². The lowest BCUT2D eigenvalue weighted by Crippen LogP contribution is -2.37. The number of rotatable bonds is 5. The Morgan fingerprint density at radius 1 is 1.38 bits per heavy atom. The number of nitrogen functional groups attached to an aromatic ring is 1. The number of nitrogens with zero attached hydrogens (tertiary/aromatic N) is 1. The summed E-state index contributed by atoms with van der Waals surface area (Å²) in [6.45, 7) is 6.25. The van der Waals surface area contributed by atoms with E-state index in [9.17, 15) is 18.0 Å². The van der Waals surface area contributed by atoms with Crippen molar-refractivity contribution in [3.05, 3.63) is 23.8 Å². The van der Waals surface area contributed by atoms with E-state index >= 15 is 0 Å². The highest BCUT2D eigenvalue weighted by molar-refractivity contribution is 5.95. The van der Waals surface area contributed by atoms with Crippen LogP contribution in [0.5, 0.6) is 5.75 Å². The first-order chi connectivity index (χ1) is 9.65. The number of anilines is 1. The zero-order valence-electron chi connectivity index (χ0n) is 12.2. The molecule has 0 aliphatic rings. The number of hydrogen-bond donors (Lipinski definition) is 1. The number of benzene rings is 1. The molecule has 1 amide bonds. The van der Waals surface area contributed by atoms with Crippen LogP contribution < -0.4 is 10.5 Å². The molecule has 0 aromatic heterocycles. The lowest BCUT2D eigenvalue weighted by atomic mass is 10.1. The molecule has 0 saturated carbocycles. The number of amides is 1. The summed E-state index contributed by atoms with van der Waals surface area (Å²) in [7, 11) is 0. The monoisotopic (exact) mass is 304 g/mol. The van der Waals surface area contributed by atoms with E-state index in [4.69, 9.17) is 5.73 Å². The Kier molecular flexibility index (Phi) is 5.46. The maximum atomic E-state index is 12.3. The van der Waals surface area contributed by atoms with E-state index in [1.54, 1.807) is 4.90 Å². The van der Waals surface area contributed by atoms with E-state index in [1.165, 1.54) is 12.1 Å². The Balaban J connectivity index is 2.99. The highest BCUT2D eigenvalue weighted by atomic mass is 19.4. The fourth-order valence-electron chi connectivity index (χ4n) is 1.90. The summed E-state index contributed by atoms with van der Waals surface area (Å²) in [5, 5.41) is 0. The summed E-state index contributed by atoms with van der Waals surface area (Å²) in [5.41, 5.74) is 5.54. The number of carbonyl (C=O) groups excluding carboxylic acids is 1. The molecule has 0 fully saturated rings. The maximum absolute atomic E-state index is 12.3. The van der Waals surface area contributed by atoms with Crippen LogP contribution in [0.1, 0.15) is 37.6 Å². The molecule has 0 bridgehead atoms. The molecular formula is C14H19F3N2O2. The van der Waals surface area contributed by atoms with Crippen LogP contribution in [0.15, 0.2) is 18.2 Å². The van der Waals surface area contributed by atoms with Crippen LogP contribution in [0, 0.1) is 0 Å². The van der Waals surface area contributed by atoms with Gasteiger partial charge in [-0.3, -0.25) is 4.79 Å². The lowest BCUT2D eigenvalue weighted by molar-refractivity contribution is -0.274. The maximum Gasteiger partial charge on any atom is 0.573 e. The summed E-state index contributed by atoms with van der Waals surface area (Å²) in [6.07, 6.45) is -4.03.